The summed E-state index contributed by atoms with van der Waals surface area (Å²) in [6, 6.07) is 3.04. The summed E-state index contributed by atoms with van der Waals surface area (Å²) in [4.78, 5) is 23.5. The van der Waals surface area contributed by atoms with Crippen LogP contribution >= 0.6 is 0 Å². The highest BCUT2D eigenvalue weighted by Crippen LogP contribution is 2.18. The zero-order chi connectivity index (χ0) is 20.1. The molecule has 22 heavy (non-hydrogen) atoms. The highest BCUT2D eigenvalue weighted by Gasteiger charge is 2.07. The fourth-order valence-corrected chi connectivity index (χ4v) is 1.47. The summed E-state index contributed by atoms with van der Waals surface area (Å²) in [5.74, 6) is 0.0640. The molecule has 0 heterocycles. The molecular formula is C16H16N2O4. The molecule has 0 aliphatic rings. The Bertz CT molecular complexity index is 862. The van der Waals surface area contributed by atoms with Gasteiger partial charge in [0.15, 0.2) is 0 Å². The van der Waals surface area contributed by atoms with Crippen LogP contribution in [0.2, 0.25) is 0 Å². The number of carbonyl (C=O) groups is 2. The average Bonchev–Trinajstić information content (AvgIpc) is 2.62. The van der Waals surface area contributed by atoms with Crippen molar-refractivity contribution in [2.45, 2.75) is 6.92 Å². The third kappa shape index (κ3) is 4.82. The third-order valence-corrected chi connectivity index (χ3v) is 2.29. The molecule has 2 N–H and O–H groups in total. The molecule has 0 radical (unpaired) electrons. The van der Waals surface area contributed by atoms with E-state index in [2.05, 4.69) is 10.6 Å². The van der Waals surface area contributed by atoms with E-state index < -0.39 is 48.1 Å². The van der Waals surface area contributed by atoms with Gasteiger partial charge in [-0.15, -0.1) is 0 Å². The van der Waals surface area contributed by atoms with Gasteiger partial charge in [0.1, 0.15) is 5.75 Å². The standard InChI is InChI=1S/C16H16N2O4/c1-2-21-15(19)18-13-9-6-10-14(11-13)22-16(20)17-12-7-4-3-5-8-12/h3-11H,2H2,1H3,(H,17,20)(H,18,19)/i3D,4D,5D,7D,8D. The highest BCUT2D eigenvalue weighted by molar-refractivity contribution is 5.87. The van der Waals surface area contributed by atoms with Gasteiger partial charge in [0.25, 0.3) is 0 Å². The number of hydrogen-bond acceptors (Lipinski definition) is 4. The minimum atomic E-state index is -1.05. The maximum atomic E-state index is 12.0. The van der Waals surface area contributed by atoms with Gasteiger partial charge in [-0.05, 0) is 31.1 Å². The fourth-order valence-electron chi connectivity index (χ4n) is 1.47. The molecule has 0 aromatic heterocycles. The Morgan fingerprint density at radius 3 is 2.55 bits per heavy atom. The maximum absolute atomic E-state index is 12.0. The second-order valence-corrected chi connectivity index (χ2v) is 3.89. The Labute approximate surface area is 135 Å². The molecule has 0 saturated carbocycles. The maximum Gasteiger partial charge on any atom is 0.417 e. The summed E-state index contributed by atoms with van der Waals surface area (Å²) in [6.07, 6.45) is -1.72. The van der Waals surface area contributed by atoms with E-state index in [4.69, 9.17) is 16.3 Å². The normalized spacial score (nSPS) is 12.9. The SMILES string of the molecule is [2H]c1c([2H])c([2H])c(NC(=O)Oc2cccc(NC(=O)OCC)c2)c([2H])c1[2H]. The van der Waals surface area contributed by atoms with Gasteiger partial charge in [0, 0.05) is 17.4 Å². The van der Waals surface area contributed by atoms with E-state index in [1.54, 1.807) is 13.0 Å². The van der Waals surface area contributed by atoms with Crippen LogP contribution in [-0.2, 0) is 4.74 Å². The lowest BCUT2D eigenvalue weighted by Gasteiger charge is -2.09. The first-order chi connectivity index (χ1) is 12.7. The van der Waals surface area contributed by atoms with Crippen molar-refractivity contribution in [1.82, 2.24) is 0 Å². The van der Waals surface area contributed by atoms with E-state index in [0.29, 0.717) is 5.69 Å². The second-order valence-electron chi connectivity index (χ2n) is 3.89. The van der Waals surface area contributed by atoms with Gasteiger partial charge < -0.3 is 9.47 Å². The minimum Gasteiger partial charge on any atom is -0.450 e. The molecule has 0 aliphatic carbocycles. The molecule has 114 valence electrons. The Morgan fingerprint density at radius 2 is 1.82 bits per heavy atom. The monoisotopic (exact) mass is 305 g/mol. The van der Waals surface area contributed by atoms with Crippen molar-refractivity contribution < 1.29 is 25.9 Å². The quantitative estimate of drug-likeness (QED) is 0.899. The van der Waals surface area contributed by atoms with Crippen molar-refractivity contribution in [3.63, 3.8) is 0 Å². The molecule has 6 heteroatoms. The van der Waals surface area contributed by atoms with Crippen molar-refractivity contribution in [2.24, 2.45) is 0 Å². The number of benzene rings is 2. The van der Waals surface area contributed by atoms with Gasteiger partial charge in [0.2, 0.25) is 0 Å². The molecule has 6 nitrogen and oxygen atoms in total. The lowest BCUT2D eigenvalue weighted by Crippen LogP contribution is -2.17. The zero-order valence-corrected chi connectivity index (χ0v) is 11.6. The van der Waals surface area contributed by atoms with Crippen molar-refractivity contribution in [3.05, 3.63) is 54.5 Å². The van der Waals surface area contributed by atoms with Gasteiger partial charge in [0.05, 0.1) is 13.5 Å². The van der Waals surface area contributed by atoms with Crippen LogP contribution in [-0.4, -0.2) is 18.8 Å². The second kappa shape index (κ2) is 7.68. The predicted molar refractivity (Wildman–Crippen MR) is 83.2 cm³/mol. The molecule has 0 spiro atoms. The number of para-hydroxylation sites is 1. The molecule has 0 aliphatic heterocycles. The van der Waals surface area contributed by atoms with Crippen molar-refractivity contribution in [2.75, 3.05) is 17.2 Å². The molecule has 0 fully saturated rings. The first-order valence-electron chi connectivity index (χ1n) is 8.84. The number of rotatable bonds is 4. The lowest BCUT2D eigenvalue weighted by molar-refractivity contribution is 0.168. The van der Waals surface area contributed by atoms with Crippen molar-refractivity contribution in [1.29, 1.82) is 0 Å². The molecule has 0 bridgehead atoms. The average molecular weight is 305 g/mol. The summed E-state index contributed by atoms with van der Waals surface area (Å²) >= 11 is 0. The van der Waals surface area contributed by atoms with Crippen molar-refractivity contribution in [3.8, 4) is 5.75 Å². The largest absolute Gasteiger partial charge is 0.450 e. The number of nitrogens with one attached hydrogen (secondary N) is 2. The van der Waals surface area contributed by atoms with Crippen LogP contribution in [0, 0.1) is 0 Å². The highest BCUT2D eigenvalue weighted by atomic mass is 16.6. The summed E-state index contributed by atoms with van der Waals surface area (Å²) in [6.45, 7) is 1.85. The number of ether oxygens (including phenoxy) is 2. The van der Waals surface area contributed by atoms with E-state index in [0.717, 1.165) is 0 Å². The first-order valence-corrected chi connectivity index (χ1v) is 6.34. The van der Waals surface area contributed by atoms with Gasteiger partial charge in [-0.1, -0.05) is 24.2 Å². The van der Waals surface area contributed by atoms with Gasteiger partial charge in [-0.2, -0.15) is 0 Å². The third-order valence-electron chi connectivity index (χ3n) is 2.29. The topological polar surface area (TPSA) is 76.7 Å². The number of amides is 2. The molecule has 0 unspecified atom stereocenters. The predicted octanol–water partition coefficient (Wildman–Crippen LogP) is 3.87. The molecular weight excluding hydrogens is 284 g/mol. The molecule has 0 saturated heterocycles. The first kappa shape index (κ1) is 9.83. The molecule has 2 aromatic carbocycles. The van der Waals surface area contributed by atoms with Crippen LogP contribution < -0.4 is 15.4 Å². The van der Waals surface area contributed by atoms with Crippen LogP contribution in [0.5, 0.6) is 5.75 Å². The fraction of sp³-hybridized carbons (Fsp3) is 0.125. The zero-order valence-electron chi connectivity index (χ0n) is 16.6. The van der Waals surface area contributed by atoms with E-state index in [9.17, 15) is 9.59 Å². The minimum absolute atomic E-state index is 0.0640. The van der Waals surface area contributed by atoms with E-state index in [-0.39, 0.29) is 12.4 Å². The van der Waals surface area contributed by atoms with Crippen molar-refractivity contribution >= 4 is 23.6 Å². The summed E-state index contributed by atoms with van der Waals surface area (Å²) in [7, 11) is 0. The number of carbonyl (C=O) groups excluding carboxylic acids is 2. The molecule has 0 atom stereocenters. The van der Waals surface area contributed by atoms with E-state index in [1.807, 2.05) is 0 Å². The van der Waals surface area contributed by atoms with Crippen LogP contribution in [0.25, 0.3) is 0 Å². The summed E-state index contributed by atoms with van der Waals surface area (Å²) < 4.78 is 48.0. The smallest absolute Gasteiger partial charge is 0.417 e. The number of hydrogen-bond donors (Lipinski definition) is 2. The van der Waals surface area contributed by atoms with Crippen LogP contribution in [0.15, 0.2) is 54.5 Å². The Morgan fingerprint density at radius 1 is 1.09 bits per heavy atom. The van der Waals surface area contributed by atoms with E-state index in [1.165, 1.54) is 18.2 Å². The Kier molecular flexibility index (Phi) is 3.43. The Balaban J connectivity index is 2.14. The van der Waals surface area contributed by atoms with E-state index >= 15 is 0 Å². The summed E-state index contributed by atoms with van der Waals surface area (Å²) in [5, 5.41) is 4.59. The van der Waals surface area contributed by atoms with Gasteiger partial charge in [-0.3, -0.25) is 10.6 Å². The van der Waals surface area contributed by atoms with Gasteiger partial charge >= 0.3 is 12.2 Å². The van der Waals surface area contributed by atoms with Crippen LogP contribution in [0.1, 0.15) is 13.8 Å². The Hall–Kier alpha value is -3.02. The molecule has 2 aromatic rings. The summed E-state index contributed by atoms with van der Waals surface area (Å²) in [5.41, 5.74) is -0.0756. The number of anilines is 2. The van der Waals surface area contributed by atoms with Gasteiger partial charge in [-0.25, -0.2) is 9.59 Å². The molecule has 2 rings (SSSR count). The van der Waals surface area contributed by atoms with Crippen LogP contribution in [0.3, 0.4) is 0 Å². The lowest BCUT2D eigenvalue weighted by atomic mass is 10.3. The molecule has 2 amide bonds. The van der Waals surface area contributed by atoms with Crippen LogP contribution in [0.4, 0.5) is 21.0 Å².